The first-order valence-electron chi connectivity index (χ1n) is 9.57. The second-order valence-corrected chi connectivity index (χ2v) is 8.00. The molecule has 1 aliphatic heterocycles. The van der Waals surface area contributed by atoms with Crippen LogP contribution in [0.25, 0.3) is 0 Å². The highest BCUT2D eigenvalue weighted by atomic mass is 32.2. The van der Waals surface area contributed by atoms with E-state index in [0.29, 0.717) is 11.3 Å². The number of thioether (sulfide) groups is 1. The second-order valence-electron chi connectivity index (χ2n) is 6.96. The van der Waals surface area contributed by atoms with E-state index in [1.807, 2.05) is 6.26 Å². The summed E-state index contributed by atoms with van der Waals surface area (Å²) >= 11 is 1.37. The smallest absolute Gasteiger partial charge is 0.247 e. The van der Waals surface area contributed by atoms with Gasteiger partial charge in [-0.3, -0.25) is 19.2 Å². The van der Waals surface area contributed by atoms with Gasteiger partial charge >= 0.3 is 0 Å². The minimum Gasteiger partial charge on any atom is -0.369 e. The molecule has 0 spiro atoms. The Kier molecular flexibility index (Phi) is 12.8. The highest BCUT2D eigenvalue weighted by Crippen LogP contribution is 2.28. The first kappa shape index (κ1) is 26.8. The van der Waals surface area contributed by atoms with E-state index in [0.717, 1.165) is 5.92 Å². The quantitative estimate of drug-likeness (QED) is 0.535. The standard InChI is InChI=1S/C13H13NO3S.C6H14.C2H6N2O/c1-8(15)9-4-3-5-10(6-9)14-12(16)7-11(18-2)13(14)17;1-4-5-6(2)3;3-1-2(4)5/h3-6,11H,7H2,1-2H3;6H,4-5H2,1-3H3;1,3H2,(H2,4,5). The first-order chi connectivity index (χ1) is 13.6. The molecule has 1 atom stereocenters. The highest BCUT2D eigenvalue weighted by molar-refractivity contribution is 8.00. The molecule has 1 aromatic carbocycles. The van der Waals surface area contributed by atoms with E-state index in [4.69, 9.17) is 5.73 Å². The number of primary amides is 1. The van der Waals surface area contributed by atoms with Gasteiger partial charge in [-0.1, -0.05) is 45.7 Å². The fraction of sp³-hybridized carbons (Fsp3) is 0.524. The number of rotatable bonds is 6. The van der Waals surface area contributed by atoms with Crippen LogP contribution in [-0.4, -0.2) is 41.6 Å². The number of amides is 3. The molecule has 1 heterocycles. The van der Waals surface area contributed by atoms with E-state index >= 15 is 0 Å². The normalized spacial score (nSPS) is 15.4. The van der Waals surface area contributed by atoms with Crippen LogP contribution in [0.3, 0.4) is 0 Å². The molecule has 1 aliphatic rings. The molecule has 0 radical (unpaired) electrons. The Morgan fingerprint density at radius 3 is 2.21 bits per heavy atom. The minimum atomic E-state index is -0.468. The first-order valence-corrected chi connectivity index (χ1v) is 10.9. The Morgan fingerprint density at radius 1 is 1.28 bits per heavy atom. The van der Waals surface area contributed by atoms with Gasteiger partial charge in [-0.25, -0.2) is 4.90 Å². The largest absolute Gasteiger partial charge is 0.369 e. The van der Waals surface area contributed by atoms with Gasteiger partial charge < -0.3 is 11.5 Å². The summed E-state index contributed by atoms with van der Waals surface area (Å²) in [6.07, 6.45) is 4.74. The zero-order valence-electron chi connectivity index (χ0n) is 17.9. The number of ketones is 1. The molecule has 0 bridgehead atoms. The predicted octanol–water partition coefficient (Wildman–Crippen LogP) is 2.76. The molecule has 2 rings (SSSR count). The summed E-state index contributed by atoms with van der Waals surface area (Å²) in [6, 6.07) is 6.60. The number of nitrogens with zero attached hydrogens (tertiary/aromatic N) is 1. The minimum absolute atomic E-state index is 0.0556. The molecule has 7 nitrogen and oxygen atoms in total. The van der Waals surface area contributed by atoms with E-state index in [1.165, 1.54) is 36.4 Å². The van der Waals surface area contributed by atoms with Gasteiger partial charge in [0, 0.05) is 12.0 Å². The van der Waals surface area contributed by atoms with Crippen molar-refractivity contribution in [3.63, 3.8) is 0 Å². The Morgan fingerprint density at radius 2 is 1.86 bits per heavy atom. The zero-order chi connectivity index (χ0) is 22.6. The summed E-state index contributed by atoms with van der Waals surface area (Å²) in [5, 5.41) is -0.307. The highest BCUT2D eigenvalue weighted by Gasteiger charge is 2.39. The lowest BCUT2D eigenvalue weighted by Gasteiger charge is -2.15. The number of hydrogen-bond acceptors (Lipinski definition) is 6. The van der Waals surface area contributed by atoms with Gasteiger partial charge in [-0.2, -0.15) is 11.8 Å². The molecule has 1 unspecified atom stereocenters. The fourth-order valence-electron chi connectivity index (χ4n) is 2.50. The number of imide groups is 1. The molecule has 1 saturated heterocycles. The monoisotopic (exact) mass is 423 g/mol. The van der Waals surface area contributed by atoms with E-state index in [-0.39, 0.29) is 35.8 Å². The van der Waals surface area contributed by atoms with Crippen molar-refractivity contribution in [2.45, 2.75) is 52.2 Å². The summed E-state index contributed by atoms with van der Waals surface area (Å²) in [6.45, 7) is 8.13. The van der Waals surface area contributed by atoms with E-state index in [1.54, 1.807) is 24.3 Å². The number of nitrogens with two attached hydrogens (primary N) is 2. The van der Waals surface area contributed by atoms with Crippen LogP contribution in [0.1, 0.15) is 57.3 Å². The van der Waals surface area contributed by atoms with Gasteiger partial charge in [0.15, 0.2) is 5.78 Å². The summed E-state index contributed by atoms with van der Waals surface area (Å²) in [4.78, 5) is 45.8. The topological polar surface area (TPSA) is 124 Å². The van der Waals surface area contributed by atoms with Crippen molar-refractivity contribution in [3.8, 4) is 0 Å². The van der Waals surface area contributed by atoms with E-state index in [9.17, 15) is 19.2 Å². The van der Waals surface area contributed by atoms with Gasteiger partial charge in [-0.05, 0) is 31.2 Å². The van der Waals surface area contributed by atoms with Gasteiger partial charge in [0.2, 0.25) is 17.7 Å². The third-order valence-corrected chi connectivity index (χ3v) is 4.91. The third kappa shape index (κ3) is 9.71. The van der Waals surface area contributed by atoms with Crippen LogP contribution in [0.4, 0.5) is 5.69 Å². The van der Waals surface area contributed by atoms with Crippen molar-refractivity contribution in [2.24, 2.45) is 17.4 Å². The molecule has 162 valence electrons. The average molecular weight is 424 g/mol. The average Bonchev–Trinajstić information content (AvgIpc) is 2.96. The summed E-state index contributed by atoms with van der Waals surface area (Å²) in [5.41, 5.74) is 10.2. The van der Waals surface area contributed by atoms with Crippen LogP contribution in [0.15, 0.2) is 24.3 Å². The molecule has 1 aromatic rings. The zero-order valence-corrected chi connectivity index (χ0v) is 18.8. The van der Waals surface area contributed by atoms with Gasteiger partial charge in [0.05, 0.1) is 17.5 Å². The number of anilines is 1. The maximum absolute atomic E-state index is 12.0. The molecule has 8 heteroatoms. The number of hydrogen-bond donors (Lipinski definition) is 2. The lowest BCUT2D eigenvalue weighted by molar-refractivity contribution is -0.121. The van der Waals surface area contributed by atoms with E-state index < -0.39 is 5.91 Å². The van der Waals surface area contributed by atoms with Crippen molar-refractivity contribution >= 4 is 41.0 Å². The fourth-order valence-corrected chi connectivity index (χ4v) is 3.12. The lowest BCUT2D eigenvalue weighted by Crippen LogP contribution is -2.31. The van der Waals surface area contributed by atoms with Crippen LogP contribution < -0.4 is 16.4 Å². The number of carbonyl (C=O) groups excluding carboxylic acids is 4. The van der Waals surface area contributed by atoms with Crippen molar-refractivity contribution < 1.29 is 19.2 Å². The molecular weight excluding hydrogens is 390 g/mol. The van der Waals surface area contributed by atoms with Crippen LogP contribution in [0.5, 0.6) is 0 Å². The molecule has 3 amide bonds. The van der Waals surface area contributed by atoms with Gasteiger partial charge in [-0.15, -0.1) is 0 Å². The van der Waals surface area contributed by atoms with Crippen molar-refractivity contribution in [2.75, 3.05) is 17.7 Å². The maximum Gasteiger partial charge on any atom is 0.247 e. The lowest BCUT2D eigenvalue weighted by atomic mass is 10.1. The number of carbonyl (C=O) groups is 4. The molecular formula is C21H33N3O4S. The van der Waals surface area contributed by atoms with Crippen molar-refractivity contribution in [1.82, 2.24) is 0 Å². The molecule has 29 heavy (non-hydrogen) atoms. The maximum atomic E-state index is 12.0. The third-order valence-electron chi connectivity index (χ3n) is 3.97. The molecule has 4 N–H and O–H groups in total. The van der Waals surface area contributed by atoms with Crippen LogP contribution in [0, 0.1) is 5.92 Å². The Balaban J connectivity index is 0.000000591. The van der Waals surface area contributed by atoms with Gasteiger partial charge in [0.25, 0.3) is 0 Å². The van der Waals surface area contributed by atoms with Crippen LogP contribution in [-0.2, 0) is 14.4 Å². The van der Waals surface area contributed by atoms with Crippen LogP contribution in [0.2, 0.25) is 0 Å². The second kappa shape index (κ2) is 13.9. The SMILES string of the molecule is CCCC(C)C.CSC1CC(=O)N(c2cccc(C(C)=O)c2)C1=O.NCC(N)=O. The predicted molar refractivity (Wildman–Crippen MR) is 119 cm³/mol. The van der Waals surface area contributed by atoms with Crippen molar-refractivity contribution in [3.05, 3.63) is 29.8 Å². The Bertz CT molecular complexity index is 707. The summed E-state index contributed by atoms with van der Waals surface area (Å²) in [5.74, 6) is -0.0642. The molecule has 0 saturated carbocycles. The number of benzene rings is 1. The van der Waals surface area contributed by atoms with Crippen LogP contribution >= 0.6 is 11.8 Å². The van der Waals surface area contributed by atoms with E-state index in [2.05, 4.69) is 26.5 Å². The molecule has 0 aromatic heterocycles. The molecule has 1 fully saturated rings. The summed E-state index contributed by atoms with van der Waals surface area (Å²) in [7, 11) is 0. The van der Waals surface area contributed by atoms with Crippen molar-refractivity contribution in [1.29, 1.82) is 0 Å². The van der Waals surface area contributed by atoms with Gasteiger partial charge in [0.1, 0.15) is 0 Å². The number of Topliss-reactive ketones (excluding diaryl/α,β-unsaturated/α-hetero) is 1. The summed E-state index contributed by atoms with van der Waals surface area (Å²) < 4.78 is 0. The Hall–Kier alpha value is -2.19. The Labute approximate surface area is 177 Å². The molecule has 0 aliphatic carbocycles.